The molecular formula is C16H21FN2O. The van der Waals surface area contributed by atoms with Gasteiger partial charge in [0.15, 0.2) is 0 Å². The predicted molar refractivity (Wildman–Crippen MR) is 76.0 cm³/mol. The summed E-state index contributed by atoms with van der Waals surface area (Å²) in [5, 5.41) is 12.7. The smallest absolute Gasteiger partial charge is 0.123 e. The normalized spacial score (nSPS) is 18.9. The summed E-state index contributed by atoms with van der Waals surface area (Å²) in [7, 11) is 0. The molecule has 0 heterocycles. The van der Waals surface area contributed by atoms with Crippen molar-refractivity contribution in [1.29, 1.82) is 5.26 Å². The molecule has 2 atom stereocenters. The Morgan fingerprint density at radius 2 is 2.25 bits per heavy atom. The number of benzene rings is 1. The molecule has 1 fully saturated rings. The van der Waals surface area contributed by atoms with Crippen LogP contribution in [0.3, 0.4) is 0 Å². The molecule has 1 N–H and O–H groups in total. The molecule has 1 saturated carbocycles. The maximum Gasteiger partial charge on any atom is 0.123 e. The van der Waals surface area contributed by atoms with Crippen molar-refractivity contribution < 1.29 is 9.13 Å². The van der Waals surface area contributed by atoms with Crippen molar-refractivity contribution >= 4 is 0 Å². The van der Waals surface area contributed by atoms with Gasteiger partial charge in [-0.25, -0.2) is 4.39 Å². The minimum Gasteiger partial charge on any atom is -0.490 e. The fourth-order valence-corrected chi connectivity index (χ4v) is 2.39. The largest absolute Gasteiger partial charge is 0.490 e. The second-order valence-corrected chi connectivity index (χ2v) is 5.90. The molecule has 0 aliphatic heterocycles. The second-order valence-electron chi connectivity index (χ2n) is 5.90. The van der Waals surface area contributed by atoms with E-state index in [0.29, 0.717) is 18.2 Å². The van der Waals surface area contributed by atoms with Crippen LogP contribution >= 0.6 is 0 Å². The Balaban J connectivity index is 1.96. The molecule has 1 aromatic carbocycles. The van der Waals surface area contributed by atoms with Gasteiger partial charge < -0.3 is 4.74 Å². The van der Waals surface area contributed by atoms with Crippen LogP contribution in [0, 0.1) is 24.1 Å². The lowest BCUT2D eigenvalue weighted by Crippen LogP contribution is -2.45. The maximum atomic E-state index is 13.1. The van der Waals surface area contributed by atoms with Crippen LogP contribution in [0.25, 0.3) is 0 Å². The second kappa shape index (κ2) is 5.80. The number of halogens is 1. The van der Waals surface area contributed by atoms with Gasteiger partial charge in [-0.1, -0.05) is 0 Å². The number of ether oxygens (including phenoxy) is 1. The van der Waals surface area contributed by atoms with Crippen LogP contribution in [0.5, 0.6) is 5.75 Å². The van der Waals surface area contributed by atoms with E-state index in [9.17, 15) is 9.65 Å². The third kappa shape index (κ3) is 3.94. The Kier molecular flexibility index (Phi) is 4.29. The van der Waals surface area contributed by atoms with Crippen molar-refractivity contribution in [2.24, 2.45) is 0 Å². The van der Waals surface area contributed by atoms with Crippen molar-refractivity contribution in [3.63, 3.8) is 0 Å². The molecule has 0 saturated heterocycles. The first kappa shape index (κ1) is 14.8. The van der Waals surface area contributed by atoms with E-state index in [-0.39, 0.29) is 11.9 Å². The van der Waals surface area contributed by atoms with Crippen molar-refractivity contribution in [3.05, 3.63) is 29.6 Å². The number of rotatable bonds is 6. The predicted octanol–water partition coefficient (Wildman–Crippen LogP) is 3.33. The highest BCUT2D eigenvalue weighted by Crippen LogP contribution is 2.26. The lowest BCUT2D eigenvalue weighted by molar-refractivity contribution is 0.178. The van der Waals surface area contributed by atoms with Gasteiger partial charge in [0.1, 0.15) is 17.1 Å². The van der Waals surface area contributed by atoms with Gasteiger partial charge in [-0.05, 0) is 57.4 Å². The van der Waals surface area contributed by atoms with Crippen molar-refractivity contribution in [3.8, 4) is 11.8 Å². The fourth-order valence-electron chi connectivity index (χ4n) is 2.39. The lowest BCUT2D eigenvalue weighted by Gasteiger charge is -2.27. The van der Waals surface area contributed by atoms with Gasteiger partial charge in [-0.3, -0.25) is 5.32 Å². The van der Waals surface area contributed by atoms with Crippen LogP contribution in [-0.2, 0) is 0 Å². The average molecular weight is 276 g/mol. The average Bonchev–Trinajstić information content (AvgIpc) is 3.16. The first-order valence-corrected chi connectivity index (χ1v) is 7.03. The van der Waals surface area contributed by atoms with E-state index >= 15 is 0 Å². The van der Waals surface area contributed by atoms with Crippen LogP contribution in [0.1, 0.15) is 38.7 Å². The minimum absolute atomic E-state index is 0.116. The summed E-state index contributed by atoms with van der Waals surface area (Å²) in [5.41, 5.74) is 0.194. The lowest BCUT2D eigenvalue weighted by atomic mass is 9.96. The molecule has 0 radical (unpaired) electrons. The highest BCUT2D eigenvalue weighted by atomic mass is 19.1. The SMILES string of the molecule is Cc1cc(F)ccc1OC(C)CC(C)(C#N)NC1CC1. The number of nitrogens with zero attached hydrogens (tertiary/aromatic N) is 1. The van der Waals surface area contributed by atoms with Crippen molar-refractivity contribution in [1.82, 2.24) is 5.32 Å². The van der Waals surface area contributed by atoms with Gasteiger partial charge in [0, 0.05) is 12.5 Å². The molecular weight excluding hydrogens is 255 g/mol. The number of nitriles is 1. The summed E-state index contributed by atoms with van der Waals surface area (Å²) in [4.78, 5) is 0. The quantitative estimate of drug-likeness (QED) is 0.867. The number of aryl methyl sites for hydroxylation is 1. The zero-order valence-corrected chi connectivity index (χ0v) is 12.2. The van der Waals surface area contributed by atoms with E-state index in [0.717, 1.165) is 18.4 Å². The minimum atomic E-state index is -0.575. The van der Waals surface area contributed by atoms with E-state index in [1.807, 2.05) is 20.8 Å². The molecule has 1 aromatic rings. The molecule has 1 aliphatic carbocycles. The van der Waals surface area contributed by atoms with E-state index in [1.165, 1.54) is 12.1 Å². The van der Waals surface area contributed by atoms with Crippen LogP contribution in [-0.4, -0.2) is 17.7 Å². The molecule has 20 heavy (non-hydrogen) atoms. The Bertz CT molecular complexity index is 522. The molecule has 2 unspecified atom stereocenters. The Hall–Kier alpha value is -1.60. The van der Waals surface area contributed by atoms with Gasteiger partial charge in [0.05, 0.1) is 12.2 Å². The number of hydrogen-bond acceptors (Lipinski definition) is 3. The highest BCUT2D eigenvalue weighted by molar-refractivity contribution is 5.32. The molecule has 4 heteroatoms. The Morgan fingerprint density at radius 1 is 1.55 bits per heavy atom. The van der Waals surface area contributed by atoms with Gasteiger partial charge in [0.2, 0.25) is 0 Å². The highest BCUT2D eigenvalue weighted by Gasteiger charge is 2.34. The molecule has 3 nitrogen and oxygen atoms in total. The fraction of sp³-hybridized carbons (Fsp3) is 0.562. The summed E-state index contributed by atoms with van der Waals surface area (Å²) in [6.07, 6.45) is 2.76. The summed E-state index contributed by atoms with van der Waals surface area (Å²) in [5.74, 6) is 0.408. The molecule has 0 amide bonds. The maximum absolute atomic E-state index is 13.1. The third-order valence-corrected chi connectivity index (χ3v) is 3.51. The summed E-state index contributed by atoms with van der Waals surface area (Å²) < 4.78 is 18.9. The molecule has 1 aliphatic rings. The van der Waals surface area contributed by atoms with Crippen LogP contribution in [0.15, 0.2) is 18.2 Å². The first-order chi connectivity index (χ1) is 9.42. The van der Waals surface area contributed by atoms with Crippen LogP contribution in [0.2, 0.25) is 0 Å². The van der Waals surface area contributed by atoms with E-state index in [4.69, 9.17) is 4.74 Å². The monoisotopic (exact) mass is 276 g/mol. The summed E-state index contributed by atoms with van der Waals surface area (Å²) in [6.45, 7) is 5.66. The van der Waals surface area contributed by atoms with Crippen LogP contribution < -0.4 is 10.1 Å². The van der Waals surface area contributed by atoms with Gasteiger partial charge in [-0.15, -0.1) is 0 Å². The van der Waals surface area contributed by atoms with Crippen molar-refractivity contribution in [2.75, 3.05) is 0 Å². The Labute approximate surface area is 119 Å². The molecule has 2 rings (SSSR count). The first-order valence-electron chi connectivity index (χ1n) is 7.03. The van der Waals surface area contributed by atoms with Gasteiger partial charge >= 0.3 is 0 Å². The molecule has 108 valence electrons. The third-order valence-electron chi connectivity index (χ3n) is 3.51. The zero-order valence-electron chi connectivity index (χ0n) is 12.2. The molecule has 0 spiro atoms. The number of hydrogen-bond donors (Lipinski definition) is 1. The standard InChI is InChI=1S/C16H21FN2O/c1-11-8-13(17)4-7-15(11)20-12(2)9-16(3,10-18)19-14-5-6-14/h4,7-8,12,14,19H,5-6,9H2,1-3H3. The molecule has 0 bridgehead atoms. The number of nitrogens with one attached hydrogen (secondary N) is 1. The summed E-state index contributed by atoms with van der Waals surface area (Å²) >= 11 is 0. The Morgan fingerprint density at radius 3 is 2.80 bits per heavy atom. The van der Waals surface area contributed by atoms with Crippen LogP contribution in [0.4, 0.5) is 4.39 Å². The van der Waals surface area contributed by atoms with E-state index < -0.39 is 5.54 Å². The topological polar surface area (TPSA) is 45.0 Å². The van der Waals surface area contributed by atoms with Crippen molar-refractivity contribution in [2.45, 2.75) is 57.7 Å². The van der Waals surface area contributed by atoms with E-state index in [1.54, 1.807) is 6.07 Å². The van der Waals surface area contributed by atoms with Gasteiger partial charge in [0.25, 0.3) is 0 Å². The summed E-state index contributed by atoms with van der Waals surface area (Å²) in [6, 6.07) is 7.29. The zero-order chi connectivity index (χ0) is 14.8. The van der Waals surface area contributed by atoms with E-state index in [2.05, 4.69) is 11.4 Å². The van der Waals surface area contributed by atoms with Gasteiger partial charge in [-0.2, -0.15) is 5.26 Å². The molecule has 0 aromatic heterocycles.